The topological polar surface area (TPSA) is 63.9 Å². The van der Waals surface area contributed by atoms with Gasteiger partial charge in [0.25, 0.3) is 0 Å². The van der Waals surface area contributed by atoms with Crippen molar-refractivity contribution in [2.24, 2.45) is 12.0 Å². The van der Waals surface area contributed by atoms with Crippen LogP contribution in [0.15, 0.2) is 29.4 Å². The summed E-state index contributed by atoms with van der Waals surface area (Å²) in [6, 6.07) is 6.15. The molecule has 0 unspecified atom stereocenters. The normalized spacial score (nSPS) is 13.7. The Kier molecular flexibility index (Phi) is 7.13. The highest BCUT2D eigenvalue weighted by molar-refractivity contribution is 14.0. The van der Waals surface area contributed by atoms with E-state index in [1.165, 1.54) is 11.1 Å². The third-order valence-electron chi connectivity index (χ3n) is 4.58. The number of nitrogens with one attached hydrogen (secondary N) is 1. The average molecular weight is 471 g/mol. The number of methoxy groups -OCH3 is 2. The van der Waals surface area contributed by atoms with Crippen molar-refractivity contribution in [2.45, 2.75) is 19.5 Å². The van der Waals surface area contributed by atoms with E-state index >= 15 is 0 Å². The van der Waals surface area contributed by atoms with Crippen LogP contribution in [0, 0.1) is 0 Å². The third kappa shape index (κ3) is 4.22. The Bertz CT molecular complexity index is 775. The maximum absolute atomic E-state index is 5.43. The number of fused-ring (bicyclic) bond motifs is 1. The van der Waals surface area contributed by atoms with Gasteiger partial charge in [-0.15, -0.1) is 24.0 Å². The second kappa shape index (κ2) is 9.11. The Morgan fingerprint density at radius 2 is 1.92 bits per heavy atom. The molecule has 142 valence electrons. The second-order valence-electron chi connectivity index (χ2n) is 5.99. The van der Waals surface area contributed by atoms with Crippen LogP contribution in [0.25, 0.3) is 0 Å². The number of rotatable bonds is 4. The van der Waals surface area contributed by atoms with Crippen LogP contribution in [0.3, 0.4) is 0 Å². The number of hydrogen-bond donors (Lipinski definition) is 1. The Morgan fingerprint density at radius 3 is 2.50 bits per heavy atom. The lowest BCUT2D eigenvalue weighted by atomic mass is 9.99. The van der Waals surface area contributed by atoms with Crippen molar-refractivity contribution < 1.29 is 9.47 Å². The van der Waals surface area contributed by atoms with Gasteiger partial charge in [0.1, 0.15) is 0 Å². The molecule has 2 heterocycles. The van der Waals surface area contributed by atoms with Gasteiger partial charge in [0.15, 0.2) is 17.5 Å². The van der Waals surface area contributed by atoms with Gasteiger partial charge in [-0.1, -0.05) is 0 Å². The lowest BCUT2D eigenvalue weighted by molar-refractivity contribution is 0.345. The van der Waals surface area contributed by atoms with Crippen molar-refractivity contribution in [1.29, 1.82) is 0 Å². The summed E-state index contributed by atoms with van der Waals surface area (Å²) < 4.78 is 12.7. The molecule has 26 heavy (non-hydrogen) atoms. The summed E-state index contributed by atoms with van der Waals surface area (Å²) in [7, 11) is 7.09. The number of halogens is 1. The molecule has 0 fully saturated rings. The van der Waals surface area contributed by atoms with E-state index in [2.05, 4.69) is 32.4 Å². The molecule has 0 aliphatic carbocycles. The van der Waals surface area contributed by atoms with Gasteiger partial charge in [0.05, 0.1) is 26.5 Å². The first kappa shape index (κ1) is 20.3. The van der Waals surface area contributed by atoms with Crippen molar-refractivity contribution in [3.63, 3.8) is 0 Å². The summed E-state index contributed by atoms with van der Waals surface area (Å²) in [5.41, 5.74) is 3.66. The molecule has 1 aliphatic rings. The highest BCUT2D eigenvalue weighted by atomic mass is 127. The molecule has 3 rings (SSSR count). The largest absolute Gasteiger partial charge is 0.493 e. The van der Waals surface area contributed by atoms with Crippen LogP contribution in [0.2, 0.25) is 0 Å². The molecule has 2 aromatic rings. The van der Waals surface area contributed by atoms with Gasteiger partial charge in [-0.25, -0.2) is 0 Å². The first-order chi connectivity index (χ1) is 12.2. The molecule has 0 bridgehead atoms. The predicted octanol–water partition coefficient (Wildman–Crippen LogP) is 2.19. The standard InChI is InChI=1S/C18H25N5O2.HI/c1-19-18(20-11-15-5-7-21-22(15)2)23-8-6-13-9-16(24-3)17(25-4)10-14(13)12-23;/h5,7,9-10H,6,8,11-12H2,1-4H3,(H,19,20);1H. The summed E-state index contributed by atoms with van der Waals surface area (Å²) in [5, 5.41) is 7.62. The molecule has 1 aliphatic heterocycles. The minimum Gasteiger partial charge on any atom is -0.493 e. The molecule has 7 nitrogen and oxygen atoms in total. The Balaban J connectivity index is 0.00000243. The summed E-state index contributed by atoms with van der Waals surface area (Å²) in [5.74, 6) is 2.44. The van der Waals surface area contributed by atoms with Gasteiger partial charge < -0.3 is 19.7 Å². The van der Waals surface area contributed by atoms with Gasteiger partial charge in [0, 0.05) is 33.4 Å². The molecule has 0 atom stereocenters. The van der Waals surface area contributed by atoms with Gasteiger partial charge in [-0.05, 0) is 35.7 Å². The van der Waals surface area contributed by atoms with Crippen LogP contribution in [0.5, 0.6) is 11.5 Å². The minimum atomic E-state index is 0. The van der Waals surface area contributed by atoms with Crippen LogP contribution in [0.1, 0.15) is 16.8 Å². The smallest absolute Gasteiger partial charge is 0.194 e. The Labute approximate surface area is 171 Å². The Morgan fingerprint density at radius 1 is 1.23 bits per heavy atom. The van der Waals surface area contributed by atoms with Crippen molar-refractivity contribution in [3.05, 3.63) is 41.2 Å². The number of aromatic nitrogens is 2. The SMILES string of the molecule is CN=C(NCc1ccnn1C)N1CCc2cc(OC)c(OC)cc2C1.I. The van der Waals surface area contributed by atoms with Crippen molar-refractivity contribution in [1.82, 2.24) is 20.0 Å². The summed E-state index contributed by atoms with van der Waals surface area (Å²) >= 11 is 0. The average Bonchev–Trinajstić information content (AvgIpc) is 3.05. The third-order valence-corrected chi connectivity index (χ3v) is 4.58. The number of ether oxygens (including phenoxy) is 2. The van der Waals surface area contributed by atoms with E-state index in [0.717, 1.165) is 42.7 Å². The molecule has 0 radical (unpaired) electrons. The van der Waals surface area contributed by atoms with Crippen LogP contribution in [0.4, 0.5) is 0 Å². The molecular weight excluding hydrogens is 445 g/mol. The first-order valence-corrected chi connectivity index (χ1v) is 8.32. The van der Waals surface area contributed by atoms with Crippen molar-refractivity contribution in [3.8, 4) is 11.5 Å². The molecule has 8 heteroatoms. The quantitative estimate of drug-likeness (QED) is 0.421. The van der Waals surface area contributed by atoms with E-state index in [1.54, 1.807) is 20.4 Å². The van der Waals surface area contributed by atoms with E-state index in [-0.39, 0.29) is 24.0 Å². The molecule has 0 spiro atoms. The van der Waals surface area contributed by atoms with Crippen molar-refractivity contribution in [2.75, 3.05) is 27.8 Å². The lowest BCUT2D eigenvalue weighted by Gasteiger charge is -2.32. The van der Waals surface area contributed by atoms with E-state index in [1.807, 2.05) is 24.8 Å². The highest BCUT2D eigenvalue weighted by Crippen LogP contribution is 2.33. The minimum absolute atomic E-state index is 0. The summed E-state index contributed by atoms with van der Waals surface area (Å²) in [6.45, 7) is 2.40. The number of benzene rings is 1. The maximum Gasteiger partial charge on any atom is 0.194 e. The van der Waals surface area contributed by atoms with Gasteiger partial charge >= 0.3 is 0 Å². The fourth-order valence-corrected chi connectivity index (χ4v) is 3.14. The maximum atomic E-state index is 5.43. The Hall–Kier alpha value is -1.97. The molecular formula is C18H26IN5O2. The van der Waals surface area contributed by atoms with Crippen LogP contribution in [-0.2, 0) is 26.6 Å². The van der Waals surface area contributed by atoms with Crippen molar-refractivity contribution >= 4 is 29.9 Å². The molecule has 0 saturated carbocycles. The zero-order valence-corrected chi connectivity index (χ0v) is 18.0. The summed E-state index contributed by atoms with van der Waals surface area (Å²) in [6.07, 6.45) is 2.75. The number of aliphatic imine (C=N–C) groups is 1. The molecule has 0 saturated heterocycles. The van der Waals surface area contributed by atoms with E-state index in [9.17, 15) is 0 Å². The van der Waals surface area contributed by atoms with E-state index in [0.29, 0.717) is 6.54 Å². The van der Waals surface area contributed by atoms with Gasteiger partial charge in [0.2, 0.25) is 0 Å². The predicted molar refractivity (Wildman–Crippen MR) is 112 cm³/mol. The number of hydrogen-bond acceptors (Lipinski definition) is 4. The first-order valence-electron chi connectivity index (χ1n) is 8.32. The van der Waals surface area contributed by atoms with Crippen LogP contribution < -0.4 is 14.8 Å². The zero-order valence-electron chi connectivity index (χ0n) is 15.7. The summed E-state index contributed by atoms with van der Waals surface area (Å²) in [4.78, 5) is 6.69. The fourth-order valence-electron chi connectivity index (χ4n) is 3.14. The monoisotopic (exact) mass is 471 g/mol. The number of nitrogens with zero attached hydrogens (tertiary/aromatic N) is 4. The molecule has 1 N–H and O–H groups in total. The number of guanidine groups is 1. The van der Waals surface area contributed by atoms with Crippen LogP contribution in [-0.4, -0.2) is 48.5 Å². The van der Waals surface area contributed by atoms with E-state index < -0.39 is 0 Å². The van der Waals surface area contributed by atoms with Crippen LogP contribution >= 0.6 is 24.0 Å². The molecule has 0 amide bonds. The fraction of sp³-hybridized carbons (Fsp3) is 0.444. The molecule has 1 aromatic carbocycles. The highest BCUT2D eigenvalue weighted by Gasteiger charge is 2.21. The van der Waals surface area contributed by atoms with Gasteiger partial charge in [-0.3, -0.25) is 9.67 Å². The number of aryl methyl sites for hydroxylation is 1. The second-order valence-corrected chi connectivity index (χ2v) is 5.99. The van der Waals surface area contributed by atoms with Gasteiger partial charge in [-0.2, -0.15) is 5.10 Å². The lowest BCUT2D eigenvalue weighted by Crippen LogP contribution is -2.43. The zero-order chi connectivity index (χ0) is 17.8. The van der Waals surface area contributed by atoms with E-state index in [4.69, 9.17) is 9.47 Å². The molecule has 1 aromatic heterocycles.